The standard InChI is InChI=1S/C15H17NO7.C4H6O6/c1-8-12(23-14(20)22-8)7-21-13(19)15(2,16)6-9-3-4-10(17)11(18)5-9;5-1(3(7)8)2(6)4(9)10/h3-5,17-18H,6-7,16H2,1-2H3;1-2,5-6H,(H,7,8)(H,9,10). The molecule has 3 unspecified atom stereocenters. The number of hydrogen-bond acceptors (Lipinski definition) is 12. The van der Waals surface area contributed by atoms with Crippen molar-refractivity contribution in [3.63, 3.8) is 0 Å². The molecule has 0 aliphatic rings. The van der Waals surface area contributed by atoms with Crippen LogP contribution in [-0.4, -0.2) is 66.3 Å². The van der Waals surface area contributed by atoms with Crippen LogP contribution in [0.4, 0.5) is 0 Å². The molecular formula is C19H23NO13. The van der Waals surface area contributed by atoms with Crippen LogP contribution in [0, 0.1) is 6.92 Å². The maximum absolute atomic E-state index is 12.1. The zero-order valence-corrected chi connectivity index (χ0v) is 17.4. The molecular weight excluding hydrogens is 450 g/mol. The van der Waals surface area contributed by atoms with Crippen LogP contribution in [-0.2, 0) is 32.1 Å². The highest BCUT2D eigenvalue weighted by atomic mass is 16.6. The average Bonchev–Trinajstić information content (AvgIpc) is 3.04. The number of ether oxygens (including phenoxy) is 1. The summed E-state index contributed by atoms with van der Waals surface area (Å²) in [5.41, 5.74) is 5.13. The lowest BCUT2D eigenvalue weighted by Crippen LogP contribution is -2.48. The van der Waals surface area contributed by atoms with Gasteiger partial charge in [-0.25, -0.2) is 14.4 Å². The number of esters is 1. The topological polar surface area (TPSA) is 251 Å². The van der Waals surface area contributed by atoms with Crippen molar-refractivity contribution < 1.29 is 58.6 Å². The average molecular weight is 473 g/mol. The summed E-state index contributed by atoms with van der Waals surface area (Å²) in [6, 6.07) is 4.15. The van der Waals surface area contributed by atoms with Crippen LogP contribution < -0.4 is 11.6 Å². The summed E-state index contributed by atoms with van der Waals surface area (Å²) in [6.07, 6.45) is -4.46. The molecule has 0 bridgehead atoms. The Hall–Kier alpha value is -3.88. The van der Waals surface area contributed by atoms with Gasteiger partial charge in [-0.05, 0) is 31.5 Å². The largest absolute Gasteiger partial charge is 0.519 e. The summed E-state index contributed by atoms with van der Waals surface area (Å²) in [5, 5.41) is 51.3. The molecule has 0 aliphatic heterocycles. The number of aliphatic hydroxyl groups is 2. The van der Waals surface area contributed by atoms with Crippen molar-refractivity contribution in [1.29, 1.82) is 0 Å². The van der Waals surface area contributed by atoms with E-state index in [1.54, 1.807) is 0 Å². The van der Waals surface area contributed by atoms with E-state index in [0.29, 0.717) is 5.56 Å². The molecule has 2 rings (SSSR count). The molecule has 0 saturated carbocycles. The highest BCUT2D eigenvalue weighted by Gasteiger charge is 2.31. The molecule has 0 fully saturated rings. The number of aliphatic carboxylic acids is 2. The molecule has 0 amide bonds. The van der Waals surface area contributed by atoms with Gasteiger partial charge in [0, 0.05) is 6.42 Å². The van der Waals surface area contributed by atoms with Gasteiger partial charge in [0.15, 0.2) is 41.8 Å². The molecule has 182 valence electrons. The van der Waals surface area contributed by atoms with E-state index in [-0.39, 0.29) is 36.0 Å². The third kappa shape index (κ3) is 7.95. The SMILES string of the molecule is Cc1oc(=O)oc1COC(=O)C(C)(N)Cc1ccc(O)c(O)c1.O=C(O)C(O)C(O)C(=O)O. The minimum absolute atomic E-state index is 0.0774. The van der Waals surface area contributed by atoms with E-state index >= 15 is 0 Å². The second kappa shape index (κ2) is 11.1. The lowest BCUT2D eigenvalue weighted by atomic mass is 9.94. The van der Waals surface area contributed by atoms with Crippen LogP contribution in [0.25, 0.3) is 0 Å². The molecule has 0 aliphatic carbocycles. The van der Waals surface area contributed by atoms with Gasteiger partial charge in [-0.1, -0.05) is 6.07 Å². The molecule has 14 nitrogen and oxygen atoms in total. The van der Waals surface area contributed by atoms with Crippen molar-refractivity contribution >= 4 is 17.9 Å². The fourth-order valence-electron chi connectivity index (χ4n) is 2.25. The number of nitrogens with two attached hydrogens (primary N) is 1. The summed E-state index contributed by atoms with van der Waals surface area (Å²) in [7, 11) is 0. The number of carbonyl (C=O) groups excluding carboxylic acids is 1. The monoisotopic (exact) mass is 473 g/mol. The smallest absolute Gasteiger partial charge is 0.504 e. The van der Waals surface area contributed by atoms with Gasteiger partial charge >= 0.3 is 23.7 Å². The Morgan fingerprint density at radius 1 is 1.06 bits per heavy atom. The van der Waals surface area contributed by atoms with E-state index in [1.165, 1.54) is 32.0 Å². The van der Waals surface area contributed by atoms with Gasteiger partial charge in [0.2, 0.25) is 0 Å². The number of phenolic OH excluding ortho intramolecular Hbond substituents is 2. The summed E-state index contributed by atoms with van der Waals surface area (Å²) < 4.78 is 14.4. The molecule has 3 atom stereocenters. The zero-order valence-electron chi connectivity index (χ0n) is 17.4. The number of aliphatic hydroxyl groups excluding tert-OH is 2. The Labute approximate surface area is 185 Å². The summed E-state index contributed by atoms with van der Waals surface area (Å²) in [5.74, 6) is -5.35. The minimum Gasteiger partial charge on any atom is -0.504 e. The maximum Gasteiger partial charge on any atom is 0.519 e. The second-order valence-corrected chi connectivity index (χ2v) is 6.99. The number of phenols is 2. The normalized spacial score (nSPS) is 14.2. The molecule has 1 aromatic heterocycles. The molecule has 33 heavy (non-hydrogen) atoms. The number of benzene rings is 1. The first kappa shape index (κ1) is 27.2. The van der Waals surface area contributed by atoms with Gasteiger partial charge in [-0.3, -0.25) is 4.79 Å². The lowest BCUT2D eigenvalue weighted by molar-refractivity contribution is -0.165. The molecule has 0 saturated heterocycles. The van der Waals surface area contributed by atoms with Gasteiger partial charge in [0.25, 0.3) is 0 Å². The first-order valence-corrected chi connectivity index (χ1v) is 9.03. The van der Waals surface area contributed by atoms with E-state index in [2.05, 4.69) is 4.42 Å². The van der Waals surface area contributed by atoms with Gasteiger partial charge in [-0.2, -0.15) is 0 Å². The van der Waals surface area contributed by atoms with E-state index in [1.807, 2.05) is 0 Å². The number of carbonyl (C=O) groups is 3. The predicted molar refractivity (Wildman–Crippen MR) is 105 cm³/mol. The van der Waals surface area contributed by atoms with Crippen molar-refractivity contribution in [2.75, 3.05) is 0 Å². The highest BCUT2D eigenvalue weighted by Crippen LogP contribution is 2.26. The van der Waals surface area contributed by atoms with Crippen molar-refractivity contribution in [2.45, 2.75) is 44.6 Å². The molecule has 0 radical (unpaired) electrons. The van der Waals surface area contributed by atoms with E-state index < -0.39 is 41.5 Å². The van der Waals surface area contributed by atoms with Crippen LogP contribution in [0.15, 0.2) is 31.8 Å². The van der Waals surface area contributed by atoms with Crippen molar-refractivity contribution in [1.82, 2.24) is 0 Å². The Morgan fingerprint density at radius 3 is 2.03 bits per heavy atom. The van der Waals surface area contributed by atoms with Crippen LogP contribution >= 0.6 is 0 Å². The van der Waals surface area contributed by atoms with Gasteiger partial charge in [0.1, 0.15) is 5.54 Å². The number of rotatable bonds is 8. The molecule has 0 spiro atoms. The first-order valence-electron chi connectivity index (χ1n) is 9.03. The Morgan fingerprint density at radius 2 is 1.61 bits per heavy atom. The number of aromatic hydroxyl groups is 2. The van der Waals surface area contributed by atoms with Crippen molar-refractivity contribution in [3.05, 3.63) is 45.9 Å². The maximum atomic E-state index is 12.1. The first-order chi connectivity index (χ1) is 15.2. The third-order valence-corrected chi connectivity index (χ3v) is 4.05. The fourth-order valence-corrected chi connectivity index (χ4v) is 2.25. The van der Waals surface area contributed by atoms with Gasteiger partial charge in [-0.15, -0.1) is 0 Å². The number of hydrogen-bond donors (Lipinski definition) is 7. The highest BCUT2D eigenvalue weighted by molar-refractivity contribution is 5.83. The Balaban J connectivity index is 0.000000461. The second-order valence-electron chi connectivity index (χ2n) is 6.99. The quantitative estimate of drug-likeness (QED) is 0.176. The summed E-state index contributed by atoms with van der Waals surface area (Å²) in [4.78, 5) is 42.6. The van der Waals surface area contributed by atoms with Gasteiger partial charge < -0.3 is 49.9 Å². The van der Waals surface area contributed by atoms with Crippen LogP contribution in [0.2, 0.25) is 0 Å². The molecule has 8 N–H and O–H groups in total. The van der Waals surface area contributed by atoms with E-state index in [9.17, 15) is 29.4 Å². The van der Waals surface area contributed by atoms with Crippen molar-refractivity contribution in [2.24, 2.45) is 5.73 Å². The van der Waals surface area contributed by atoms with Gasteiger partial charge in [0.05, 0.1) is 0 Å². The summed E-state index contributed by atoms with van der Waals surface area (Å²) in [6.45, 7) is 2.70. The fraction of sp³-hybridized carbons (Fsp3) is 0.368. The van der Waals surface area contributed by atoms with Crippen LogP contribution in [0.5, 0.6) is 11.5 Å². The Kier molecular flexibility index (Phi) is 9.15. The Bertz CT molecular complexity index is 1030. The van der Waals surface area contributed by atoms with E-state index in [4.69, 9.17) is 35.3 Å². The third-order valence-electron chi connectivity index (χ3n) is 4.05. The molecule has 1 heterocycles. The summed E-state index contributed by atoms with van der Waals surface area (Å²) >= 11 is 0. The molecule has 14 heteroatoms. The minimum atomic E-state index is -2.27. The zero-order chi connectivity index (χ0) is 25.5. The lowest BCUT2D eigenvalue weighted by Gasteiger charge is -2.22. The number of carboxylic acids is 2. The molecule has 2 aromatic rings. The van der Waals surface area contributed by atoms with E-state index in [0.717, 1.165) is 0 Å². The van der Waals surface area contributed by atoms with Crippen LogP contribution in [0.3, 0.4) is 0 Å². The number of carboxylic acid groups (broad SMARTS) is 2. The predicted octanol–water partition coefficient (Wildman–Crippen LogP) is -1.17. The molecule has 1 aromatic carbocycles. The van der Waals surface area contributed by atoms with Crippen LogP contribution in [0.1, 0.15) is 24.0 Å². The van der Waals surface area contributed by atoms with Crippen molar-refractivity contribution in [3.8, 4) is 11.5 Å². The number of aryl methyl sites for hydroxylation is 1.